The second-order valence-electron chi connectivity index (χ2n) is 6.08. The van der Waals surface area contributed by atoms with Crippen LogP contribution in [0.3, 0.4) is 0 Å². The quantitative estimate of drug-likeness (QED) is 0.831. The molecule has 0 aliphatic heterocycles. The van der Waals surface area contributed by atoms with E-state index in [9.17, 15) is 10.1 Å². The number of nitrogens with zero attached hydrogens (tertiary/aromatic N) is 1. The Morgan fingerprint density at radius 3 is 2.55 bits per heavy atom. The number of hydrogen-bond acceptors (Lipinski definition) is 2. The molecule has 1 amide bonds. The number of nitrogens with one attached hydrogen (secondary N) is 2. The highest BCUT2D eigenvalue weighted by molar-refractivity contribution is 6.42. The Balaban J connectivity index is 2.61. The third kappa shape index (κ3) is 5.17. The Hall–Kier alpha value is -1.28. The molecule has 0 aliphatic carbocycles. The lowest BCUT2D eigenvalue weighted by Gasteiger charge is -2.27. The molecule has 1 unspecified atom stereocenters. The van der Waals surface area contributed by atoms with Gasteiger partial charge in [0.05, 0.1) is 23.2 Å². The molecule has 0 aliphatic rings. The number of benzene rings is 1. The van der Waals surface area contributed by atoms with Gasteiger partial charge in [0.2, 0.25) is 0 Å². The minimum Gasteiger partial charge on any atom is -0.333 e. The molecule has 0 saturated heterocycles. The van der Waals surface area contributed by atoms with Crippen LogP contribution in [-0.2, 0) is 11.3 Å². The van der Waals surface area contributed by atoms with Gasteiger partial charge < -0.3 is 10.2 Å². The Morgan fingerprint density at radius 2 is 2.05 bits per heavy atom. The van der Waals surface area contributed by atoms with Crippen molar-refractivity contribution in [2.24, 2.45) is 5.92 Å². The number of nitriles is 1. The monoisotopic (exact) mass is 342 g/mol. The predicted molar refractivity (Wildman–Crippen MR) is 88.9 cm³/mol. The number of quaternary nitrogens is 1. The number of hydrogen-bond donors (Lipinski definition) is 2. The van der Waals surface area contributed by atoms with E-state index < -0.39 is 5.54 Å². The van der Waals surface area contributed by atoms with Gasteiger partial charge in [0.15, 0.2) is 6.54 Å². The lowest BCUT2D eigenvalue weighted by molar-refractivity contribution is -0.885. The number of halogens is 2. The summed E-state index contributed by atoms with van der Waals surface area (Å²) in [5.74, 6) is -0.105. The van der Waals surface area contributed by atoms with Gasteiger partial charge in [-0.15, -0.1) is 0 Å². The standard InChI is InChI=1S/C16H21Cl2N3O/c1-11(2)16(3,10-19)20-15(22)9-21(4)8-12-5-6-13(17)14(18)7-12/h5-7,11H,8-9H2,1-4H3,(H,20,22)/p+1/t16-/m1/s1. The molecule has 2 atom stereocenters. The van der Waals surface area contributed by atoms with Crippen LogP contribution < -0.4 is 10.2 Å². The lowest BCUT2D eigenvalue weighted by Crippen LogP contribution is -3.09. The van der Waals surface area contributed by atoms with Crippen molar-refractivity contribution in [1.29, 1.82) is 5.26 Å². The first-order valence-electron chi connectivity index (χ1n) is 7.15. The van der Waals surface area contributed by atoms with E-state index >= 15 is 0 Å². The molecule has 6 heteroatoms. The molecule has 0 spiro atoms. The molecule has 1 aromatic rings. The second-order valence-corrected chi connectivity index (χ2v) is 6.89. The first-order valence-corrected chi connectivity index (χ1v) is 7.91. The third-order valence-electron chi connectivity index (χ3n) is 3.74. The fourth-order valence-electron chi connectivity index (χ4n) is 1.97. The zero-order chi connectivity index (χ0) is 16.9. The fourth-order valence-corrected chi connectivity index (χ4v) is 2.29. The van der Waals surface area contributed by atoms with E-state index in [0.29, 0.717) is 16.6 Å². The van der Waals surface area contributed by atoms with Gasteiger partial charge in [0.25, 0.3) is 5.91 Å². The second kappa shape index (κ2) is 7.82. The Kier molecular flexibility index (Phi) is 6.67. The molecule has 1 aromatic carbocycles. The van der Waals surface area contributed by atoms with E-state index in [4.69, 9.17) is 23.2 Å². The first kappa shape index (κ1) is 18.8. The Bertz CT molecular complexity index is 583. The summed E-state index contributed by atoms with van der Waals surface area (Å²) < 4.78 is 0. The van der Waals surface area contributed by atoms with Gasteiger partial charge in [-0.2, -0.15) is 5.26 Å². The zero-order valence-electron chi connectivity index (χ0n) is 13.3. The number of amides is 1. The molecule has 4 nitrogen and oxygen atoms in total. The average Bonchev–Trinajstić information content (AvgIpc) is 2.42. The van der Waals surface area contributed by atoms with E-state index in [1.807, 2.05) is 27.0 Å². The SMILES string of the molecule is CC(C)[C@@](C)(C#N)NC(=O)C[NH+](C)Cc1ccc(Cl)c(Cl)c1. The van der Waals surface area contributed by atoms with Crippen LogP contribution in [0.1, 0.15) is 26.3 Å². The van der Waals surface area contributed by atoms with Crippen LogP contribution in [0.15, 0.2) is 18.2 Å². The number of rotatable bonds is 6. The zero-order valence-corrected chi connectivity index (χ0v) is 14.8. The maximum absolute atomic E-state index is 12.1. The van der Waals surface area contributed by atoms with E-state index in [-0.39, 0.29) is 18.4 Å². The van der Waals surface area contributed by atoms with Gasteiger partial charge in [-0.05, 0) is 25.0 Å². The largest absolute Gasteiger partial charge is 0.333 e. The van der Waals surface area contributed by atoms with Crippen LogP contribution >= 0.6 is 23.2 Å². The van der Waals surface area contributed by atoms with Crippen molar-refractivity contribution in [2.75, 3.05) is 13.6 Å². The van der Waals surface area contributed by atoms with Crippen molar-refractivity contribution >= 4 is 29.1 Å². The molecule has 120 valence electrons. The van der Waals surface area contributed by atoms with Gasteiger partial charge in [0, 0.05) is 5.56 Å². The number of likely N-dealkylation sites (N-methyl/N-ethyl adjacent to an activating group) is 1. The minimum atomic E-state index is -0.846. The summed E-state index contributed by atoms with van der Waals surface area (Å²) in [7, 11) is 1.92. The van der Waals surface area contributed by atoms with Crippen molar-refractivity contribution in [3.05, 3.63) is 33.8 Å². The molecule has 2 N–H and O–H groups in total. The highest BCUT2D eigenvalue weighted by Crippen LogP contribution is 2.22. The summed E-state index contributed by atoms with van der Waals surface area (Å²) in [5.41, 5.74) is 0.160. The van der Waals surface area contributed by atoms with Gasteiger partial charge in [0.1, 0.15) is 12.1 Å². The van der Waals surface area contributed by atoms with Gasteiger partial charge >= 0.3 is 0 Å². The summed E-state index contributed by atoms with van der Waals surface area (Å²) in [6.07, 6.45) is 0. The molecule has 0 fully saturated rings. The van der Waals surface area contributed by atoms with Gasteiger partial charge in [-0.25, -0.2) is 0 Å². The highest BCUT2D eigenvalue weighted by atomic mass is 35.5. The summed E-state index contributed by atoms with van der Waals surface area (Å²) in [6.45, 7) is 6.49. The normalized spacial score (nSPS) is 15.0. The fraction of sp³-hybridized carbons (Fsp3) is 0.500. The molecule has 0 bridgehead atoms. The van der Waals surface area contributed by atoms with E-state index in [0.717, 1.165) is 10.5 Å². The van der Waals surface area contributed by atoms with E-state index in [1.54, 1.807) is 19.1 Å². The smallest absolute Gasteiger partial charge is 0.276 e. The first-order chi connectivity index (χ1) is 10.2. The van der Waals surface area contributed by atoms with Crippen molar-refractivity contribution in [3.63, 3.8) is 0 Å². The minimum absolute atomic E-state index is 0.0387. The summed E-state index contributed by atoms with van der Waals surface area (Å²) in [4.78, 5) is 13.1. The van der Waals surface area contributed by atoms with Crippen LogP contribution in [0.25, 0.3) is 0 Å². The van der Waals surface area contributed by atoms with Crippen LogP contribution in [0, 0.1) is 17.2 Å². The number of carbonyl (C=O) groups is 1. The van der Waals surface area contributed by atoms with E-state index in [2.05, 4.69) is 11.4 Å². The third-order valence-corrected chi connectivity index (χ3v) is 4.48. The Morgan fingerprint density at radius 1 is 1.41 bits per heavy atom. The van der Waals surface area contributed by atoms with Crippen LogP contribution in [-0.4, -0.2) is 25.0 Å². The van der Waals surface area contributed by atoms with Crippen molar-refractivity contribution in [1.82, 2.24) is 5.32 Å². The maximum atomic E-state index is 12.1. The van der Waals surface area contributed by atoms with Gasteiger partial charge in [-0.1, -0.05) is 43.1 Å². The number of carbonyl (C=O) groups excluding carboxylic acids is 1. The van der Waals surface area contributed by atoms with Crippen LogP contribution in [0.2, 0.25) is 10.0 Å². The van der Waals surface area contributed by atoms with Crippen molar-refractivity contribution in [3.8, 4) is 6.07 Å². The maximum Gasteiger partial charge on any atom is 0.276 e. The molecule has 0 saturated carbocycles. The Labute approximate surface area is 142 Å². The molecule has 0 heterocycles. The summed E-state index contributed by atoms with van der Waals surface area (Å²) in [6, 6.07) is 7.62. The van der Waals surface area contributed by atoms with E-state index in [1.165, 1.54) is 0 Å². The molecule has 0 aromatic heterocycles. The van der Waals surface area contributed by atoms with Crippen molar-refractivity contribution < 1.29 is 9.69 Å². The van der Waals surface area contributed by atoms with Crippen molar-refractivity contribution in [2.45, 2.75) is 32.9 Å². The van der Waals surface area contributed by atoms with Gasteiger partial charge in [-0.3, -0.25) is 4.79 Å². The molecule has 1 rings (SSSR count). The lowest BCUT2D eigenvalue weighted by atomic mass is 9.90. The molecule has 0 radical (unpaired) electrons. The van der Waals surface area contributed by atoms with Crippen LogP contribution in [0.4, 0.5) is 0 Å². The molecule has 22 heavy (non-hydrogen) atoms. The summed E-state index contributed by atoms with van der Waals surface area (Å²) in [5, 5.41) is 13.1. The molecular weight excluding hydrogens is 321 g/mol. The van der Waals surface area contributed by atoms with Crippen LogP contribution in [0.5, 0.6) is 0 Å². The predicted octanol–water partition coefficient (Wildman–Crippen LogP) is 2.06. The average molecular weight is 343 g/mol. The highest BCUT2D eigenvalue weighted by Gasteiger charge is 2.30. The topological polar surface area (TPSA) is 57.3 Å². The molecular formula is C16H22Cl2N3O+. The summed E-state index contributed by atoms with van der Waals surface area (Å²) >= 11 is 11.9.